The molecule has 0 saturated heterocycles. The number of imide groups is 2. The van der Waals surface area contributed by atoms with Crippen LogP contribution < -0.4 is 16.0 Å². The van der Waals surface area contributed by atoms with Gasteiger partial charge in [0, 0.05) is 12.5 Å². The third-order valence-electron chi connectivity index (χ3n) is 2.62. The number of carbonyl (C=O) groups is 4. The molecule has 8 nitrogen and oxygen atoms in total. The maximum absolute atomic E-state index is 13.3. The molecule has 1 aromatic carbocycles. The van der Waals surface area contributed by atoms with Crippen molar-refractivity contribution in [3.8, 4) is 0 Å². The van der Waals surface area contributed by atoms with Crippen molar-refractivity contribution < 1.29 is 23.6 Å². The van der Waals surface area contributed by atoms with Crippen molar-refractivity contribution in [2.45, 2.75) is 6.92 Å². The van der Waals surface area contributed by atoms with Gasteiger partial charge in [0.25, 0.3) is 5.91 Å². The number of urea groups is 2. The number of fused-ring (bicyclic) bond motifs is 1. The summed E-state index contributed by atoms with van der Waals surface area (Å²) in [6, 6.07) is 0.906. The number of hydrogen-bond acceptors (Lipinski definition) is 4. The lowest BCUT2D eigenvalue weighted by atomic mass is 10.1. The maximum Gasteiger partial charge on any atom is 0.349 e. The normalized spacial score (nSPS) is 15.0. The number of primary amides is 1. The van der Waals surface area contributed by atoms with Crippen LogP contribution in [0.4, 0.5) is 19.7 Å². The molecule has 0 spiro atoms. The van der Waals surface area contributed by atoms with E-state index in [2.05, 4.69) is 4.99 Å². The zero-order valence-electron chi connectivity index (χ0n) is 10.7. The molecule has 2 rings (SSSR count). The second-order valence-electron chi connectivity index (χ2n) is 4.08. The van der Waals surface area contributed by atoms with Gasteiger partial charge in [0.2, 0.25) is 5.91 Å². The first kappa shape index (κ1) is 14.3. The summed E-state index contributed by atoms with van der Waals surface area (Å²) >= 11 is 0. The van der Waals surface area contributed by atoms with E-state index < -0.39 is 35.4 Å². The maximum atomic E-state index is 13.3. The Balaban J connectivity index is 2.53. The standard InChI is InChI=1S/C12H9FN4O4/c1-5(18)17-8-3-2-6(13)4-7(8)9(10(17)19)15-12(21)16-11(14)20/h2-4H,1H3,(H3,14,16,20,21)/b15-9-. The van der Waals surface area contributed by atoms with Gasteiger partial charge in [-0.25, -0.2) is 18.9 Å². The lowest BCUT2D eigenvalue weighted by Gasteiger charge is -2.11. The van der Waals surface area contributed by atoms with Crippen LogP contribution >= 0.6 is 0 Å². The molecule has 21 heavy (non-hydrogen) atoms. The number of aliphatic imine (C=N–C) groups is 1. The van der Waals surface area contributed by atoms with Crippen LogP contribution in [0.1, 0.15) is 12.5 Å². The number of amides is 6. The van der Waals surface area contributed by atoms with E-state index in [0.717, 1.165) is 24.0 Å². The van der Waals surface area contributed by atoms with Gasteiger partial charge in [-0.2, -0.15) is 4.99 Å². The monoisotopic (exact) mass is 292 g/mol. The second-order valence-corrected chi connectivity index (χ2v) is 4.08. The van der Waals surface area contributed by atoms with Gasteiger partial charge in [-0.1, -0.05) is 0 Å². The summed E-state index contributed by atoms with van der Waals surface area (Å²) in [5, 5.41) is 1.64. The Labute approximate surface area is 117 Å². The first-order valence-electron chi connectivity index (χ1n) is 5.65. The number of anilines is 1. The van der Waals surface area contributed by atoms with Gasteiger partial charge in [-0.05, 0) is 18.2 Å². The Morgan fingerprint density at radius 1 is 1.33 bits per heavy atom. The van der Waals surface area contributed by atoms with E-state index in [0.29, 0.717) is 0 Å². The molecule has 6 amide bonds. The molecule has 0 bridgehead atoms. The zero-order valence-corrected chi connectivity index (χ0v) is 10.7. The number of nitrogens with zero attached hydrogens (tertiary/aromatic N) is 2. The van der Waals surface area contributed by atoms with Gasteiger partial charge >= 0.3 is 12.1 Å². The third kappa shape index (κ3) is 2.61. The van der Waals surface area contributed by atoms with Crippen molar-refractivity contribution in [2.75, 3.05) is 4.90 Å². The average molecular weight is 292 g/mol. The Morgan fingerprint density at radius 3 is 2.57 bits per heavy atom. The summed E-state index contributed by atoms with van der Waals surface area (Å²) in [5.74, 6) is -2.17. The Kier molecular flexibility index (Phi) is 3.49. The SMILES string of the molecule is CC(=O)N1C(=O)/C(=N\C(=O)NC(N)=O)c2cc(F)ccc21. The van der Waals surface area contributed by atoms with Crippen molar-refractivity contribution in [3.05, 3.63) is 29.6 Å². The van der Waals surface area contributed by atoms with E-state index in [1.807, 2.05) is 0 Å². The van der Waals surface area contributed by atoms with Crippen molar-refractivity contribution in [3.63, 3.8) is 0 Å². The highest BCUT2D eigenvalue weighted by Crippen LogP contribution is 2.30. The van der Waals surface area contributed by atoms with Crippen LogP contribution in [-0.2, 0) is 9.59 Å². The van der Waals surface area contributed by atoms with Crippen LogP contribution in [-0.4, -0.2) is 29.6 Å². The Hall–Kier alpha value is -3.10. The molecule has 1 aromatic rings. The predicted molar refractivity (Wildman–Crippen MR) is 69.2 cm³/mol. The van der Waals surface area contributed by atoms with Crippen molar-refractivity contribution in [2.24, 2.45) is 10.7 Å². The van der Waals surface area contributed by atoms with Crippen LogP contribution in [0, 0.1) is 5.82 Å². The summed E-state index contributed by atoms with van der Waals surface area (Å²) in [7, 11) is 0. The topological polar surface area (TPSA) is 122 Å². The van der Waals surface area contributed by atoms with E-state index >= 15 is 0 Å². The van der Waals surface area contributed by atoms with Gasteiger partial charge in [0.1, 0.15) is 11.5 Å². The van der Waals surface area contributed by atoms with Crippen LogP contribution in [0.3, 0.4) is 0 Å². The third-order valence-corrected chi connectivity index (χ3v) is 2.62. The highest BCUT2D eigenvalue weighted by molar-refractivity contribution is 6.58. The molecular formula is C12H9FN4O4. The molecule has 0 radical (unpaired) electrons. The molecule has 0 aromatic heterocycles. The van der Waals surface area contributed by atoms with Gasteiger partial charge < -0.3 is 5.73 Å². The largest absolute Gasteiger partial charge is 0.351 e. The first-order chi connectivity index (χ1) is 9.81. The molecule has 3 N–H and O–H groups in total. The summed E-state index contributed by atoms with van der Waals surface area (Å²) < 4.78 is 13.3. The number of nitrogens with two attached hydrogens (primary N) is 1. The Morgan fingerprint density at radius 2 is 2.00 bits per heavy atom. The van der Waals surface area contributed by atoms with Crippen LogP contribution in [0.15, 0.2) is 23.2 Å². The van der Waals surface area contributed by atoms with E-state index in [1.54, 1.807) is 5.32 Å². The average Bonchev–Trinajstić information content (AvgIpc) is 2.61. The van der Waals surface area contributed by atoms with Crippen LogP contribution in [0.25, 0.3) is 0 Å². The highest BCUT2D eigenvalue weighted by atomic mass is 19.1. The molecule has 9 heteroatoms. The molecule has 1 aliphatic rings. The zero-order chi connectivity index (χ0) is 15.7. The predicted octanol–water partition coefficient (Wildman–Crippen LogP) is 0.296. The smallest absolute Gasteiger partial charge is 0.349 e. The number of nitrogens with one attached hydrogen (secondary N) is 1. The fourth-order valence-corrected chi connectivity index (χ4v) is 1.88. The molecule has 0 fully saturated rings. The summed E-state index contributed by atoms with van der Waals surface area (Å²) in [6.45, 7) is 1.14. The summed E-state index contributed by atoms with van der Waals surface area (Å²) in [6.07, 6.45) is 0. The molecule has 1 heterocycles. The van der Waals surface area contributed by atoms with Crippen molar-refractivity contribution in [1.29, 1.82) is 0 Å². The van der Waals surface area contributed by atoms with Gasteiger partial charge in [-0.3, -0.25) is 14.9 Å². The van der Waals surface area contributed by atoms with E-state index in [9.17, 15) is 23.6 Å². The number of hydrogen-bond donors (Lipinski definition) is 2. The summed E-state index contributed by atoms with van der Waals surface area (Å²) in [5.41, 5.74) is 4.39. The van der Waals surface area contributed by atoms with Gasteiger partial charge in [-0.15, -0.1) is 0 Å². The molecule has 108 valence electrons. The molecule has 0 unspecified atom stereocenters. The fourth-order valence-electron chi connectivity index (χ4n) is 1.88. The molecule has 1 aliphatic heterocycles. The van der Waals surface area contributed by atoms with Crippen molar-refractivity contribution >= 4 is 35.3 Å². The van der Waals surface area contributed by atoms with Crippen LogP contribution in [0.5, 0.6) is 0 Å². The van der Waals surface area contributed by atoms with Crippen molar-refractivity contribution in [1.82, 2.24) is 5.32 Å². The number of rotatable bonds is 0. The second kappa shape index (κ2) is 5.12. The van der Waals surface area contributed by atoms with Crippen LogP contribution in [0.2, 0.25) is 0 Å². The lowest BCUT2D eigenvalue weighted by Crippen LogP contribution is -2.36. The summed E-state index contributed by atoms with van der Waals surface area (Å²) in [4.78, 5) is 49.6. The van der Waals surface area contributed by atoms with Gasteiger partial charge in [0.15, 0.2) is 0 Å². The molecule has 0 aliphatic carbocycles. The fraction of sp³-hybridized carbons (Fsp3) is 0.0833. The highest BCUT2D eigenvalue weighted by Gasteiger charge is 2.37. The van der Waals surface area contributed by atoms with E-state index in [4.69, 9.17) is 5.73 Å². The quantitative estimate of drug-likeness (QED) is 0.713. The first-order valence-corrected chi connectivity index (χ1v) is 5.65. The number of carbonyl (C=O) groups excluding carboxylic acids is 4. The molecular weight excluding hydrogens is 283 g/mol. The van der Waals surface area contributed by atoms with E-state index in [1.165, 1.54) is 6.07 Å². The molecule has 0 atom stereocenters. The minimum atomic E-state index is -1.19. The van der Waals surface area contributed by atoms with E-state index in [-0.39, 0.29) is 11.3 Å². The van der Waals surface area contributed by atoms with Gasteiger partial charge in [0.05, 0.1) is 5.69 Å². The minimum absolute atomic E-state index is 0.0187. The lowest BCUT2D eigenvalue weighted by molar-refractivity contribution is -0.121. The minimum Gasteiger partial charge on any atom is -0.351 e. The molecule has 0 saturated carbocycles. The number of halogens is 1. The number of benzene rings is 1. The Bertz CT molecular complexity index is 713.